The van der Waals surface area contributed by atoms with E-state index in [1.165, 1.54) is 0 Å². The number of halogens is 4. The van der Waals surface area contributed by atoms with Crippen molar-refractivity contribution in [3.05, 3.63) is 71.8 Å². The molecule has 2 amide bonds. The molecule has 0 saturated heterocycles. The van der Waals surface area contributed by atoms with E-state index >= 15 is 0 Å². The highest BCUT2D eigenvalue weighted by Gasteiger charge is 2.14. The number of aromatic amines is 1. The quantitative estimate of drug-likeness (QED) is 0.0433. The Morgan fingerprint density at radius 3 is 2.39 bits per heavy atom. The third kappa shape index (κ3) is 9.92. The van der Waals surface area contributed by atoms with E-state index in [1.54, 1.807) is 12.1 Å². The molecular formula is C30H36Cl4N8O2. The van der Waals surface area contributed by atoms with Gasteiger partial charge in [-0.25, -0.2) is 4.98 Å². The summed E-state index contributed by atoms with van der Waals surface area (Å²) in [4.78, 5) is 35.5. The molecule has 3 aromatic carbocycles. The van der Waals surface area contributed by atoms with E-state index in [2.05, 4.69) is 25.8 Å². The number of hydrogen-bond acceptors (Lipinski definition) is 5. The van der Waals surface area contributed by atoms with Gasteiger partial charge in [-0.1, -0.05) is 12.1 Å². The predicted molar refractivity (Wildman–Crippen MR) is 187 cm³/mol. The summed E-state index contributed by atoms with van der Waals surface area (Å²) in [5, 5.41) is 15.7. The van der Waals surface area contributed by atoms with Crippen molar-refractivity contribution in [2.75, 3.05) is 46.9 Å². The fraction of sp³-hybridized carbons (Fsp3) is 0.267. The minimum atomic E-state index is -0.241. The molecule has 1 heterocycles. The topological polar surface area (TPSA) is 152 Å². The number of carbonyl (C=O) groups is 2. The molecule has 0 aliphatic heterocycles. The van der Waals surface area contributed by atoms with Gasteiger partial charge in [-0.05, 0) is 67.4 Å². The molecule has 0 spiro atoms. The van der Waals surface area contributed by atoms with E-state index in [-0.39, 0.29) is 42.6 Å². The van der Waals surface area contributed by atoms with Gasteiger partial charge in [-0.15, -0.1) is 48.0 Å². The van der Waals surface area contributed by atoms with Gasteiger partial charge in [0.15, 0.2) is 5.96 Å². The number of imidazole rings is 1. The van der Waals surface area contributed by atoms with E-state index < -0.39 is 0 Å². The van der Waals surface area contributed by atoms with Gasteiger partial charge >= 0.3 is 0 Å². The Morgan fingerprint density at radius 1 is 0.977 bits per heavy atom. The van der Waals surface area contributed by atoms with Crippen molar-refractivity contribution in [3.63, 3.8) is 0 Å². The molecule has 0 unspecified atom stereocenters. The fourth-order valence-electron chi connectivity index (χ4n) is 4.57. The standard InChI is InChI=1S/C30H34Cl2N8O2.2ClH/c1-19-16-23(8-10-26(19)40(14-11-31)15-12-32)37-29(42)21-7-9-24-25(18-21)39-28(38-24)20-4-2-5-22(17-20)36-27(41)6-3-13-35-30(33)34;;/h2,4-5,7-10,16-18H,3,6,11-15H2,1H3,(H,36,41)(H,37,42)(H,38,39)(H4,33,34,35);2*1H. The number of guanidine groups is 1. The second kappa shape index (κ2) is 17.6. The van der Waals surface area contributed by atoms with Crippen LogP contribution in [0.3, 0.4) is 0 Å². The summed E-state index contributed by atoms with van der Waals surface area (Å²) >= 11 is 11.9. The number of amides is 2. The Bertz CT molecular complexity index is 1570. The third-order valence-corrected chi connectivity index (χ3v) is 6.90. The molecule has 0 bridgehead atoms. The van der Waals surface area contributed by atoms with E-state index in [1.807, 2.05) is 55.5 Å². The molecule has 236 valence electrons. The highest BCUT2D eigenvalue weighted by Crippen LogP contribution is 2.26. The Hall–Kier alpha value is -3.70. The van der Waals surface area contributed by atoms with Gasteiger partial charge in [0, 0.05) is 66.0 Å². The lowest BCUT2D eigenvalue weighted by Gasteiger charge is -2.25. The zero-order valence-electron chi connectivity index (χ0n) is 24.1. The van der Waals surface area contributed by atoms with Crippen molar-refractivity contribution in [3.8, 4) is 11.4 Å². The second-order valence-corrected chi connectivity index (χ2v) is 10.5. The summed E-state index contributed by atoms with van der Waals surface area (Å²) < 4.78 is 0. The highest BCUT2D eigenvalue weighted by molar-refractivity contribution is 6.18. The third-order valence-electron chi connectivity index (χ3n) is 6.57. The number of fused-ring (bicyclic) bond motifs is 1. The lowest BCUT2D eigenvalue weighted by atomic mass is 10.1. The maximum Gasteiger partial charge on any atom is 0.255 e. The molecule has 0 aliphatic rings. The molecule has 0 atom stereocenters. The van der Waals surface area contributed by atoms with E-state index in [0.717, 1.165) is 22.3 Å². The molecule has 7 N–H and O–H groups in total. The number of anilines is 3. The monoisotopic (exact) mass is 680 g/mol. The van der Waals surface area contributed by atoms with Crippen molar-refractivity contribution in [1.29, 1.82) is 5.41 Å². The number of hydrogen-bond donors (Lipinski definition) is 6. The largest absolute Gasteiger partial charge is 0.370 e. The van der Waals surface area contributed by atoms with Crippen LogP contribution in [-0.4, -0.2) is 59.1 Å². The van der Waals surface area contributed by atoms with Crippen LogP contribution in [-0.2, 0) is 4.79 Å². The highest BCUT2D eigenvalue weighted by atomic mass is 35.5. The maximum absolute atomic E-state index is 13.1. The molecule has 14 heteroatoms. The van der Waals surface area contributed by atoms with Crippen LogP contribution in [0.5, 0.6) is 0 Å². The molecule has 0 fully saturated rings. The van der Waals surface area contributed by atoms with Crippen LogP contribution < -0.4 is 26.6 Å². The number of aromatic nitrogens is 2. The summed E-state index contributed by atoms with van der Waals surface area (Å²) in [7, 11) is 0. The molecular weight excluding hydrogens is 646 g/mol. The van der Waals surface area contributed by atoms with Gasteiger partial charge in [-0.3, -0.25) is 15.0 Å². The van der Waals surface area contributed by atoms with Gasteiger partial charge in [0.25, 0.3) is 5.91 Å². The Balaban J connectivity index is 0.00000337. The smallest absolute Gasteiger partial charge is 0.255 e. The summed E-state index contributed by atoms with van der Waals surface area (Å²) in [6.45, 7) is 3.82. The Kier molecular flexibility index (Phi) is 14.6. The van der Waals surface area contributed by atoms with Gasteiger partial charge in [0.05, 0.1) is 11.0 Å². The molecule has 1 aromatic heterocycles. The molecule has 0 saturated carbocycles. The maximum atomic E-state index is 13.1. The summed E-state index contributed by atoms with van der Waals surface area (Å²) in [5.41, 5.74) is 11.3. The first-order valence-electron chi connectivity index (χ1n) is 13.5. The minimum Gasteiger partial charge on any atom is -0.370 e. The van der Waals surface area contributed by atoms with Crippen molar-refractivity contribution >= 4 is 93.9 Å². The SMILES string of the molecule is Cc1cc(NC(=O)c2ccc3[nH]c(-c4cccc(NC(=O)CCCNC(=N)N)c4)nc3c2)ccc1N(CCCl)CCCl.Cl.Cl. The zero-order chi connectivity index (χ0) is 30.1. The first-order chi connectivity index (χ1) is 20.3. The van der Waals surface area contributed by atoms with Crippen LogP contribution in [0.1, 0.15) is 28.8 Å². The van der Waals surface area contributed by atoms with Gasteiger partial charge in [-0.2, -0.15) is 0 Å². The second-order valence-electron chi connectivity index (χ2n) is 9.71. The first-order valence-corrected chi connectivity index (χ1v) is 14.6. The lowest BCUT2D eigenvalue weighted by Crippen LogP contribution is -2.31. The molecule has 0 radical (unpaired) electrons. The van der Waals surface area contributed by atoms with Crippen molar-refractivity contribution in [1.82, 2.24) is 15.3 Å². The van der Waals surface area contributed by atoms with Crippen LogP contribution >= 0.6 is 48.0 Å². The predicted octanol–water partition coefficient (Wildman–Crippen LogP) is 6.12. The van der Waals surface area contributed by atoms with Crippen LogP contribution in [0.4, 0.5) is 17.1 Å². The number of aryl methyl sites for hydroxylation is 1. The Labute approximate surface area is 278 Å². The summed E-state index contributed by atoms with van der Waals surface area (Å²) in [5.74, 6) is 1.12. The Morgan fingerprint density at radius 2 is 1.70 bits per heavy atom. The zero-order valence-corrected chi connectivity index (χ0v) is 27.2. The first kappa shape index (κ1) is 36.5. The van der Waals surface area contributed by atoms with E-state index in [0.29, 0.717) is 72.5 Å². The number of nitrogens with two attached hydrogens (primary N) is 1. The number of nitrogens with zero attached hydrogens (tertiary/aromatic N) is 2. The van der Waals surface area contributed by atoms with Crippen molar-refractivity contribution in [2.24, 2.45) is 5.73 Å². The van der Waals surface area contributed by atoms with Gasteiger partial charge in [0.2, 0.25) is 5.91 Å². The minimum absolute atomic E-state index is 0. The number of benzene rings is 3. The average Bonchev–Trinajstić information content (AvgIpc) is 3.39. The molecule has 44 heavy (non-hydrogen) atoms. The molecule has 4 aromatic rings. The molecule has 10 nitrogen and oxygen atoms in total. The lowest BCUT2D eigenvalue weighted by molar-refractivity contribution is -0.116. The van der Waals surface area contributed by atoms with Crippen LogP contribution in [0.25, 0.3) is 22.4 Å². The van der Waals surface area contributed by atoms with E-state index in [4.69, 9.17) is 39.3 Å². The molecule has 4 rings (SSSR count). The average molecular weight is 682 g/mol. The van der Waals surface area contributed by atoms with Gasteiger partial charge in [0.1, 0.15) is 5.82 Å². The number of nitrogens with one attached hydrogen (secondary N) is 5. The normalized spacial score (nSPS) is 10.3. The fourth-order valence-corrected chi connectivity index (χ4v) is 4.98. The van der Waals surface area contributed by atoms with Crippen molar-refractivity contribution in [2.45, 2.75) is 19.8 Å². The number of H-pyrrole nitrogens is 1. The molecule has 0 aliphatic carbocycles. The van der Waals surface area contributed by atoms with Crippen LogP contribution in [0.2, 0.25) is 0 Å². The van der Waals surface area contributed by atoms with Crippen LogP contribution in [0.15, 0.2) is 60.7 Å². The van der Waals surface area contributed by atoms with E-state index in [9.17, 15) is 9.59 Å². The van der Waals surface area contributed by atoms with Crippen LogP contribution in [0, 0.1) is 12.3 Å². The van der Waals surface area contributed by atoms with Crippen molar-refractivity contribution < 1.29 is 9.59 Å². The van der Waals surface area contributed by atoms with Gasteiger partial charge < -0.3 is 31.6 Å². The number of alkyl halides is 2. The number of carbonyl (C=O) groups excluding carboxylic acids is 2. The number of rotatable bonds is 13. The summed E-state index contributed by atoms with van der Waals surface area (Å²) in [6.07, 6.45) is 0.849. The summed E-state index contributed by atoms with van der Waals surface area (Å²) in [6, 6.07) is 18.5.